The maximum absolute atomic E-state index is 12.2. The lowest BCUT2D eigenvalue weighted by Crippen LogP contribution is -2.39. The second kappa shape index (κ2) is 15.2. The third-order valence-electron chi connectivity index (χ3n) is 4.10. The van der Waals surface area contributed by atoms with Crippen LogP contribution < -0.4 is 0 Å². The van der Waals surface area contributed by atoms with E-state index < -0.39 is 5.97 Å². The van der Waals surface area contributed by atoms with Crippen molar-refractivity contribution in [1.29, 1.82) is 0 Å². The molecule has 0 aromatic rings. The average molecular weight is 341 g/mol. The van der Waals surface area contributed by atoms with E-state index in [0.29, 0.717) is 12.8 Å². The Bertz CT molecular complexity index is 368. The summed E-state index contributed by atoms with van der Waals surface area (Å²) in [5.41, 5.74) is 0. The van der Waals surface area contributed by atoms with Gasteiger partial charge in [0.15, 0.2) is 5.78 Å². The Morgan fingerprint density at radius 1 is 0.708 bits per heavy atom. The summed E-state index contributed by atoms with van der Waals surface area (Å²) in [6.45, 7) is 3.83. The number of hydrogen-bond acceptors (Lipinski definition) is 3. The molecule has 0 radical (unpaired) electrons. The van der Waals surface area contributed by atoms with E-state index in [4.69, 9.17) is 5.11 Å². The van der Waals surface area contributed by atoms with E-state index in [1.54, 1.807) is 0 Å². The van der Waals surface area contributed by atoms with E-state index in [1.807, 2.05) is 0 Å². The molecule has 0 atom stereocenters. The number of ketones is 1. The van der Waals surface area contributed by atoms with Crippen molar-refractivity contribution >= 4 is 17.7 Å². The first-order chi connectivity index (χ1) is 11.5. The molecule has 0 saturated carbocycles. The number of carboxylic acids is 1. The van der Waals surface area contributed by atoms with Crippen molar-refractivity contribution < 1.29 is 19.5 Å². The molecule has 0 aromatic heterocycles. The number of amides is 1. The number of carbonyl (C=O) groups is 3. The normalized spacial score (nSPS) is 10.6. The summed E-state index contributed by atoms with van der Waals surface area (Å²) < 4.78 is 0. The molecule has 0 unspecified atom stereocenters. The molecule has 140 valence electrons. The van der Waals surface area contributed by atoms with E-state index in [1.165, 1.54) is 11.3 Å². The Hall–Kier alpha value is -1.39. The minimum Gasteiger partial charge on any atom is -0.480 e. The molecule has 0 aliphatic heterocycles. The minimum atomic E-state index is -1.06. The predicted molar refractivity (Wildman–Crippen MR) is 96.0 cm³/mol. The molecule has 1 N–H and O–H groups in total. The topological polar surface area (TPSA) is 74.7 Å². The number of carbonyl (C=O) groups excluding carboxylic acids is 2. The number of unbranched alkanes of at least 4 members (excludes halogenated alkanes) is 8. The first-order valence-corrected chi connectivity index (χ1v) is 9.52. The first-order valence-electron chi connectivity index (χ1n) is 9.52. The monoisotopic (exact) mass is 341 g/mol. The lowest BCUT2D eigenvalue weighted by atomic mass is 10.1. The molecule has 0 aliphatic carbocycles. The van der Waals surface area contributed by atoms with Gasteiger partial charge in [0.2, 0.25) is 5.91 Å². The van der Waals surface area contributed by atoms with Crippen molar-refractivity contribution in [1.82, 2.24) is 4.90 Å². The number of nitrogens with zero attached hydrogens (tertiary/aromatic N) is 1. The molecule has 0 fully saturated rings. The summed E-state index contributed by atoms with van der Waals surface area (Å²) in [6, 6.07) is 0. The van der Waals surface area contributed by atoms with E-state index in [-0.39, 0.29) is 24.8 Å². The molecule has 5 heteroatoms. The molecular formula is C19H35NO4. The Labute approximate surface area is 146 Å². The molecule has 5 nitrogen and oxygen atoms in total. The third-order valence-corrected chi connectivity index (χ3v) is 4.10. The van der Waals surface area contributed by atoms with Gasteiger partial charge < -0.3 is 10.0 Å². The van der Waals surface area contributed by atoms with Crippen molar-refractivity contribution in [3.63, 3.8) is 0 Å². The van der Waals surface area contributed by atoms with Gasteiger partial charge in [-0.3, -0.25) is 14.4 Å². The molecule has 1 amide bonds. The van der Waals surface area contributed by atoms with Crippen LogP contribution in [0.15, 0.2) is 0 Å². The summed E-state index contributed by atoms with van der Waals surface area (Å²) in [5, 5.41) is 8.96. The Kier molecular flexibility index (Phi) is 14.3. The fourth-order valence-electron chi connectivity index (χ4n) is 2.65. The van der Waals surface area contributed by atoms with Crippen LogP contribution in [0.25, 0.3) is 0 Å². The van der Waals surface area contributed by atoms with Crippen LogP contribution in [0.4, 0.5) is 0 Å². The Balaban J connectivity index is 4.16. The molecule has 0 saturated heterocycles. The summed E-state index contributed by atoms with van der Waals surface area (Å²) in [6.07, 6.45) is 11.2. The van der Waals surface area contributed by atoms with Crippen LogP contribution in [0.5, 0.6) is 0 Å². The van der Waals surface area contributed by atoms with Crippen molar-refractivity contribution in [2.75, 3.05) is 13.1 Å². The van der Waals surface area contributed by atoms with Gasteiger partial charge in [0.05, 0.1) is 6.54 Å². The zero-order valence-electron chi connectivity index (χ0n) is 15.5. The fraction of sp³-hybridized carbons (Fsp3) is 0.842. The van der Waals surface area contributed by atoms with Crippen LogP contribution in [0, 0.1) is 0 Å². The van der Waals surface area contributed by atoms with Gasteiger partial charge in [0.1, 0.15) is 6.54 Å². The molecule has 24 heavy (non-hydrogen) atoms. The Morgan fingerprint density at radius 3 is 1.71 bits per heavy atom. The van der Waals surface area contributed by atoms with Crippen molar-refractivity contribution in [3.8, 4) is 0 Å². The van der Waals surface area contributed by atoms with Crippen molar-refractivity contribution in [3.05, 3.63) is 0 Å². The lowest BCUT2D eigenvalue weighted by Gasteiger charge is -2.20. The van der Waals surface area contributed by atoms with Crippen molar-refractivity contribution in [2.24, 2.45) is 0 Å². The van der Waals surface area contributed by atoms with Gasteiger partial charge in [-0.2, -0.15) is 0 Å². The van der Waals surface area contributed by atoms with Gasteiger partial charge in [0.25, 0.3) is 0 Å². The smallest absolute Gasteiger partial charge is 0.323 e. The van der Waals surface area contributed by atoms with Crippen molar-refractivity contribution in [2.45, 2.75) is 90.9 Å². The minimum absolute atomic E-state index is 0.0351. The average Bonchev–Trinajstić information content (AvgIpc) is 2.53. The summed E-state index contributed by atoms with van der Waals surface area (Å²) in [5.74, 6) is -1.31. The van der Waals surface area contributed by atoms with Gasteiger partial charge in [-0.05, 0) is 12.8 Å². The van der Waals surface area contributed by atoms with Crippen LogP contribution in [0.2, 0.25) is 0 Å². The van der Waals surface area contributed by atoms with Crippen LogP contribution in [0.1, 0.15) is 90.9 Å². The maximum Gasteiger partial charge on any atom is 0.323 e. The fourth-order valence-corrected chi connectivity index (χ4v) is 2.65. The number of rotatable bonds is 16. The van der Waals surface area contributed by atoms with E-state index in [2.05, 4.69) is 13.8 Å². The Morgan fingerprint density at radius 2 is 1.21 bits per heavy atom. The van der Waals surface area contributed by atoms with Crippen LogP contribution in [-0.4, -0.2) is 40.8 Å². The second-order valence-corrected chi connectivity index (χ2v) is 6.51. The van der Waals surface area contributed by atoms with E-state index in [0.717, 1.165) is 57.8 Å². The third kappa shape index (κ3) is 13.1. The molecule has 0 aromatic carbocycles. The van der Waals surface area contributed by atoms with Gasteiger partial charge in [-0.15, -0.1) is 0 Å². The maximum atomic E-state index is 12.2. The number of carboxylic acid groups (broad SMARTS) is 1. The van der Waals surface area contributed by atoms with Gasteiger partial charge in [-0.1, -0.05) is 65.2 Å². The van der Waals surface area contributed by atoms with Gasteiger partial charge in [-0.25, -0.2) is 0 Å². The summed E-state index contributed by atoms with van der Waals surface area (Å²) >= 11 is 0. The number of hydrogen-bond donors (Lipinski definition) is 1. The highest BCUT2D eigenvalue weighted by molar-refractivity contribution is 5.88. The molecular weight excluding hydrogens is 306 g/mol. The number of aliphatic carboxylic acids is 1. The SMILES string of the molecule is CCCCCCCC(=O)CN(CC(=O)O)C(=O)CCCCCCC. The zero-order valence-corrected chi connectivity index (χ0v) is 15.5. The highest BCUT2D eigenvalue weighted by Crippen LogP contribution is 2.09. The largest absolute Gasteiger partial charge is 0.480 e. The quantitative estimate of drug-likeness (QED) is 0.427. The highest BCUT2D eigenvalue weighted by atomic mass is 16.4. The van der Waals surface area contributed by atoms with Crippen LogP contribution in [-0.2, 0) is 14.4 Å². The van der Waals surface area contributed by atoms with Gasteiger partial charge >= 0.3 is 5.97 Å². The van der Waals surface area contributed by atoms with E-state index in [9.17, 15) is 14.4 Å². The molecule has 0 heterocycles. The lowest BCUT2D eigenvalue weighted by molar-refractivity contribution is -0.145. The standard InChI is InChI=1S/C19H35NO4/c1-3-5-7-9-11-13-17(21)15-20(16-19(23)24)18(22)14-12-10-8-6-4-2/h3-16H2,1-2H3,(H,23,24). The molecule has 0 spiro atoms. The predicted octanol–water partition coefficient (Wildman–Crippen LogP) is 4.19. The second-order valence-electron chi connectivity index (χ2n) is 6.51. The van der Waals surface area contributed by atoms with Gasteiger partial charge in [0, 0.05) is 12.8 Å². The molecule has 0 aliphatic rings. The van der Waals surface area contributed by atoms with Crippen LogP contribution >= 0.6 is 0 Å². The van der Waals surface area contributed by atoms with Crippen LogP contribution in [0.3, 0.4) is 0 Å². The number of Topliss-reactive ketones (excluding diaryl/α,β-unsaturated/α-hetero) is 1. The summed E-state index contributed by atoms with van der Waals surface area (Å²) in [7, 11) is 0. The first kappa shape index (κ1) is 22.6. The zero-order chi connectivity index (χ0) is 18.2. The van der Waals surface area contributed by atoms with E-state index >= 15 is 0 Å². The molecule has 0 bridgehead atoms. The highest BCUT2D eigenvalue weighted by Gasteiger charge is 2.19. The summed E-state index contributed by atoms with van der Waals surface area (Å²) in [4.78, 5) is 36.3. The molecule has 0 rings (SSSR count).